The zero-order chi connectivity index (χ0) is 14.8. The smallest absolute Gasteiger partial charge is 0.159 e. The van der Waals surface area contributed by atoms with Crippen molar-refractivity contribution in [2.45, 2.75) is 6.54 Å². The molecule has 0 spiro atoms. The zero-order valence-corrected chi connectivity index (χ0v) is 11.7. The van der Waals surface area contributed by atoms with E-state index in [1.54, 1.807) is 12.3 Å². The van der Waals surface area contributed by atoms with Gasteiger partial charge in [0, 0.05) is 18.1 Å². The lowest BCUT2D eigenvalue weighted by Crippen LogP contribution is -2.01. The highest BCUT2D eigenvalue weighted by Crippen LogP contribution is 2.28. The van der Waals surface area contributed by atoms with E-state index in [2.05, 4.69) is 10.3 Å². The molecule has 0 atom stereocenters. The van der Waals surface area contributed by atoms with Gasteiger partial charge in [0.25, 0.3) is 0 Å². The standard InChI is InChI=1S/C16H11ClF2N2/c17-12-4-6-15(16-11(12)2-1-7-20-16)21-9-10-3-5-13(18)14(19)8-10/h1-8,21H,9H2. The van der Waals surface area contributed by atoms with Crippen LogP contribution in [0.5, 0.6) is 0 Å². The van der Waals surface area contributed by atoms with Gasteiger partial charge in [0.2, 0.25) is 0 Å². The second-order valence-corrected chi connectivity index (χ2v) is 5.00. The lowest BCUT2D eigenvalue weighted by atomic mass is 10.1. The Hall–Kier alpha value is -2.20. The average Bonchev–Trinajstić information content (AvgIpc) is 2.50. The number of nitrogens with zero attached hydrogens (tertiary/aromatic N) is 1. The van der Waals surface area contributed by atoms with Gasteiger partial charge in [0.05, 0.1) is 16.2 Å². The fourth-order valence-electron chi connectivity index (χ4n) is 2.13. The topological polar surface area (TPSA) is 24.9 Å². The number of hydrogen-bond donors (Lipinski definition) is 1. The summed E-state index contributed by atoms with van der Waals surface area (Å²) in [7, 11) is 0. The fourth-order valence-corrected chi connectivity index (χ4v) is 2.34. The molecular formula is C16H11ClF2N2. The molecule has 0 aliphatic carbocycles. The van der Waals surface area contributed by atoms with Gasteiger partial charge in [-0.2, -0.15) is 0 Å². The van der Waals surface area contributed by atoms with Crippen molar-refractivity contribution in [1.82, 2.24) is 4.98 Å². The number of benzene rings is 2. The molecule has 1 heterocycles. The maximum Gasteiger partial charge on any atom is 0.159 e. The molecule has 0 bridgehead atoms. The summed E-state index contributed by atoms with van der Waals surface area (Å²) in [6.45, 7) is 0.366. The number of pyridine rings is 1. The second kappa shape index (κ2) is 5.66. The molecule has 3 aromatic rings. The van der Waals surface area contributed by atoms with Gasteiger partial charge in [0.1, 0.15) is 0 Å². The first-order chi connectivity index (χ1) is 10.1. The summed E-state index contributed by atoms with van der Waals surface area (Å²) < 4.78 is 26.1. The van der Waals surface area contributed by atoms with E-state index in [1.807, 2.05) is 18.2 Å². The molecule has 0 fully saturated rings. The van der Waals surface area contributed by atoms with Crippen LogP contribution < -0.4 is 5.32 Å². The van der Waals surface area contributed by atoms with Crippen molar-refractivity contribution >= 4 is 28.2 Å². The quantitative estimate of drug-likeness (QED) is 0.753. The van der Waals surface area contributed by atoms with Crippen molar-refractivity contribution in [3.63, 3.8) is 0 Å². The third-order valence-corrected chi connectivity index (χ3v) is 3.51. The number of hydrogen-bond acceptors (Lipinski definition) is 2. The van der Waals surface area contributed by atoms with E-state index in [-0.39, 0.29) is 0 Å². The minimum atomic E-state index is -0.853. The van der Waals surface area contributed by atoms with Crippen LogP contribution in [-0.2, 0) is 6.54 Å². The highest BCUT2D eigenvalue weighted by atomic mass is 35.5. The average molecular weight is 305 g/mol. The van der Waals surface area contributed by atoms with E-state index < -0.39 is 11.6 Å². The maximum absolute atomic E-state index is 13.2. The van der Waals surface area contributed by atoms with E-state index in [1.165, 1.54) is 12.1 Å². The normalized spacial score (nSPS) is 10.8. The van der Waals surface area contributed by atoms with Gasteiger partial charge < -0.3 is 5.32 Å². The molecule has 0 aliphatic heterocycles. The summed E-state index contributed by atoms with van der Waals surface area (Å²) in [5, 5.41) is 4.63. The number of rotatable bonds is 3. The third kappa shape index (κ3) is 2.81. The summed E-state index contributed by atoms with van der Waals surface area (Å²) in [5.74, 6) is -1.70. The lowest BCUT2D eigenvalue weighted by Gasteiger charge is -2.10. The van der Waals surface area contributed by atoms with Crippen LogP contribution in [0, 0.1) is 11.6 Å². The molecule has 0 saturated heterocycles. The van der Waals surface area contributed by atoms with Crippen LogP contribution in [-0.4, -0.2) is 4.98 Å². The summed E-state index contributed by atoms with van der Waals surface area (Å²) in [6.07, 6.45) is 1.68. The van der Waals surface area contributed by atoms with Gasteiger partial charge in [-0.1, -0.05) is 17.7 Å². The van der Waals surface area contributed by atoms with Crippen LogP contribution in [0.3, 0.4) is 0 Å². The van der Waals surface area contributed by atoms with Gasteiger partial charge in [0.15, 0.2) is 11.6 Å². The molecule has 2 aromatic carbocycles. The van der Waals surface area contributed by atoms with E-state index >= 15 is 0 Å². The molecule has 106 valence electrons. The Kier molecular flexibility index (Phi) is 3.71. The predicted molar refractivity (Wildman–Crippen MR) is 80.4 cm³/mol. The Morgan fingerprint density at radius 1 is 1.05 bits per heavy atom. The molecule has 1 N–H and O–H groups in total. The van der Waals surface area contributed by atoms with Gasteiger partial charge in [-0.05, 0) is 42.0 Å². The number of anilines is 1. The number of halogens is 3. The largest absolute Gasteiger partial charge is 0.379 e. The van der Waals surface area contributed by atoms with Crippen molar-refractivity contribution in [3.05, 3.63) is 70.9 Å². The van der Waals surface area contributed by atoms with Crippen LogP contribution in [0.1, 0.15) is 5.56 Å². The van der Waals surface area contributed by atoms with Crippen molar-refractivity contribution in [1.29, 1.82) is 0 Å². The first-order valence-electron chi connectivity index (χ1n) is 6.36. The van der Waals surface area contributed by atoms with Gasteiger partial charge in [-0.15, -0.1) is 0 Å². The minimum Gasteiger partial charge on any atom is -0.379 e. The molecule has 0 saturated carbocycles. The number of nitrogens with one attached hydrogen (secondary N) is 1. The Morgan fingerprint density at radius 2 is 1.90 bits per heavy atom. The van der Waals surface area contributed by atoms with Crippen LogP contribution in [0.15, 0.2) is 48.7 Å². The summed E-state index contributed by atoms with van der Waals surface area (Å²) in [5.41, 5.74) is 2.18. The van der Waals surface area contributed by atoms with E-state index in [4.69, 9.17) is 11.6 Å². The molecule has 0 amide bonds. The molecule has 2 nitrogen and oxygen atoms in total. The van der Waals surface area contributed by atoms with Crippen molar-refractivity contribution in [2.24, 2.45) is 0 Å². The van der Waals surface area contributed by atoms with Crippen molar-refractivity contribution in [3.8, 4) is 0 Å². The molecular weight excluding hydrogens is 294 g/mol. The summed E-state index contributed by atoms with van der Waals surface area (Å²) in [6, 6.07) is 11.1. The first kappa shape index (κ1) is 13.8. The summed E-state index contributed by atoms with van der Waals surface area (Å²) >= 11 is 6.13. The first-order valence-corrected chi connectivity index (χ1v) is 6.74. The Labute approximate surface area is 125 Å². The minimum absolute atomic E-state index is 0.366. The molecule has 3 rings (SSSR count). The highest BCUT2D eigenvalue weighted by Gasteiger charge is 2.06. The van der Waals surface area contributed by atoms with Crippen LogP contribution in [0.4, 0.5) is 14.5 Å². The van der Waals surface area contributed by atoms with E-state index in [9.17, 15) is 8.78 Å². The SMILES string of the molecule is Fc1ccc(CNc2ccc(Cl)c3cccnc23)cc1F. The molecule has 0 radical (unpaired) electrons. The zero-order valence-electron chi connectivity index (χ0n) is 10.9. The van der Waals surface area contributed by atoms with Gasteiger partial charge in [-0.25, -0.2) is 8.78 Å². The second-order valence-electron chi connectivity index (χ2n) is 4.60. The van der Waals surface area contributed by atoms with E-state index in [0.717, 1.165) is 22.7 Å². The third-order valence-electron chi connectivity index (χ3n) is 3.18. The summed E-state index contributed by atoms with van der Waals surface area (Å²) in [4.78, 5) is 4.30. The number of fused-ring (bicyclic) bond motifs is 1. The monoisotopic (exact) mass is 304 g/mol. The van der Waals surface area contributed by atoms with Crippen LogP contribution in [0.2, 0.25) is 5.02 Å². The Balaban J connectivity index is 1.88. The molecule has 0 unspecified atom stereocenters. The van der Waals surface area contributed by atoms with Gasteiger partial charge >= 0.3 is 0 Å². The highest BCUT2D eigenvalue weighted by molar-refractivity contribution is 6.35. The van der Waals surface area contributed by atoms with Crippen LogP contribution in [0.25, 0.3) is 10.9 Å². The Bertz CT molecular complexity index is 805. The van der Waals surface area contributed by atoms with Gasteiger partial charge in [-0.3, -0.25) is 4.98 Å². The fraction of sp³-hybridized carbons (Fsp3) is 0.0625. The predicted octanol–water partition coefficient (Wildman–Crippen LogP) is 4.78. The molecule has 0 aliphatic rings. The van der Waals surface area contributed by atoms with E-state index in [0.29, 0.717) is 17.1 Å². The molecule has 5 heteroatoms. The van der Waals surface area contributed by atoms with Crippen molar-refractivity contribution in [2.75, 3.05) is 5.32 Å². The number of aromatic nitrogens is 1. The van der Waals surface area contributed by atoms with Crippen molar-refractivity contribution < 1.29 is 8.78 Å². The maximum atomic E-state index is 13.2. The Morgan fingerprint density at radius 3 is 2.71 bits per heavy atom. The van der Waals surface area contributed by atoms with Crippen LogP contribution >= 0.6 is 11.6 Å². The molecule has 1 aromatic heterocycles. The molecule has 21 heavy (non-hydrogen) atoms. The lowest BCUT2D eigenvalue weighted by molar-refractivity contribution is 0.507.